The van der Waals surface area contributed by atoms with E-state index in [2.05, 4.69) is 34.3 Å². The number of aryl methyl sites for hydroxylation is 1. The Morgan fingerprint density at radius 3 is 3.06 bits per heavy atom. The number of hydrogen-bond acceptors (Lipinski definition) is 3. The molecular formula is C14H19N3S. The Bertz CT molecular complexity index is 509. The Labute approximate surface area is 112 Å². The maximum Gasteiger partial charge on any atom is 0.123 e. The van der Waals surface area contributed by atoms with Gasteiger partial charge in [0.1, 0.15) is 5.82 Å². The largest absolute Gasteiger partial charge is 0.340 e. The van der Waals surface area contributed by atoms with Gasteiger partial charge in [-0.05, 0) is 37.9 Å². The summed E-state index contributed by atoms with van der Waals surface area (Å²) in [5.74, 6) is 1.09. The molecule has 1 aliphatic rings. The number of hydrogen-bond donors (Lipinski definition) is 2. The zero-order valence-corrected chi connectivity index (χ0v) is 11.5. The lowest BCUT2D eigenvalue weighted by atomic mass is 10.0. The predicted octanol–water partition coefficient (Wildman–Crippen LogP) is 3.52. The number of aromatic nitrogens is 2. The second-order valence-corrected chi connectivity index (χ2v) is 5.97. The van der Waals surface area contributed by atoms with Crippen LogP contribution in [0.1, 0.15) is 42.9 Å². The van der Waals surface area contributed by atoms with Gasteiger partial charge in [-0.2, -0.15) is 0 Å². The average molecular weight is 261 g/mol. The van der Waals surface area contributed by atoms with E-state index in [1.54, 1.807) is 0 Å². The Kier molecular flexibility index (Phi) is 3.48. The maximum atomic E-state index is 4.54. The molecule has 2 N–H and O–H groups in total. The van der Waals surface area contributed by atoms with Crippen LogP contribution in [0.2, 0.25) is 0 Å². The van der Waals surface area contributed by atoms with E-state index in [-0.39, 0.29) is 0 Å². The lowest BCUT2D eigenvalue weighted by Crippen LogP contribution is -2.27. The molecule has 0 amide bonds. The minimum atomic E-state index is 0.415. The molecule has 1 saturated heterocycles. The number of nitrogens with one attached hydrogen (secondary N) is 2. The molecular weight excluding hydrogens is 242 g/mol. The van der Waals surface area contributed by atoms with E-state index in [9.17, 15) is 0 Å². The summed E-state index contributed by atoms with van der Waals surface area (Å²) >= 11 is 1.85. The third-order valence-electron chi connectivity index (χ3n) is 3.51. The summed E-state index contributed by atoms with van der Waals surface area (Å²) in [5, 5.41) is 3.53. The van der Waals surface area contributed by atoms with Crippen molar-refractivity contribution in [1.29, 1.82) is 0 Å². The van der Waals surface area contributed by atoms with Crippen molar-refractivity contribution in [2.45, 2.75) is 38.6 Å². The molecule has 0 aromatic carbocycles. The third kappa shape index (κ3) is 2.35. The second kappa shape index (κ2) is 5.24. The minimum Gasteiger partial charge on any atom is -0.340 e. The fourth-order valence-electron chi connectivity index (χ4n) is 2.44. The van der Waals surface area contributed by atoms with Crippen molar-refractivity contribution in [1.82, 2.24) is 15.3 Å². The summed E-state index contributed by atoms with van der Waals surface area (Å²) in [7, 11) is 0. The fourth-order valence-corrected chi connectivity index (χ4v) is 3.35. The molecule has 18 heavy (non-hydrogen) atoms. The van der Waals surface area contributed by atoms with Crippen molar-refractivity contribution < 1.29 is 0 Å². The van der Waals surface area contributed by atoms with Gasteiger partial charge in [-0.3, -0.25) is 0 Å². The highest BCUT2D eigenvalue weighted by Gasteiger charge is 2.18. The van der Waals surface area contributed by atoms with Gasteiger partial charge < -0.3 is 10.3 Å². The summed E-state index contributed by atoms with van der Waals surface area (Å²) in [5.41, 5.74) is 1.15. The number of nitrogens with zero attached hydrogens (tertiary/aromatic N) is 1. The van der Waals surface area contributed by atoms with Crippen molar-refractivity contribution in [2.75, 3.05) is 6.54 Å². The van der Waals surface area contributed by atoms with Crippen LogP contribution in [-0.4, -0.2) is 16.5 Å². The van der Waals surface area contributed by atoms with Crippen LogP contribution >= 0.6 is 11.3 Å². The molecule has 0 saturated carbocycles. The normalized spacial score (nSPS) is 20.2. The van der Waals surface area contributed by atoms with Crippen molar-refractivity contribution in [2.24, 2.45) is 0 Å². The lowest BCUT2D eigenvalue weighted by Gasteiger charge is -2.21. The Hall–Kier alpha value is -1.13. The molecule has 0 bridgehead atoms. The first-order valence-electron chi connectivity index (χ1n) is 6.74. The maximum absolute atomic E-state index is 4.54. The molecule has 3 nitrogen and oxygen atoms in total. The Morgan fingerprint density at radius 2 is 2.33 bits per heavy atom. The van der Waals surface area contributed by atoms with Crippen LogP contribution in [-0.2, 0) is 6.42 Å². The first kappa shape index (κ1) is 11.9. The molecule has 1 aliphatic heterocycles. The minimum absolute atomic E-state index is 0.415. The summed E-state index contributed by atoms with van der Waals surface area (Å²) in [6.45, 7) is 3.31. The van der Waals surface area contributed by atoms with E-state index in [0.29, 0.717) is 6.04 Å². The highest BCUT2D eigenvalue weighted by atomic mass is 32.1. The summed E-state index contributed by atoms with van der Waals surface area (Å²) < 4.78 is 0. The lowest BCUT2D eigenvalue weighted by molar-refractivity contribution is 0.399. The Morgan fingerprint density at radius 1 is 1.39 bits per heavy atom. The molecule has 1 unspecified atom stereocenters. The number of aromatic amines is 1. The highest BCUT2D eigenvalue weighted by molar-refractivity contribution is 7.15. The van der Waals surface area contributed by atoms with Gasteiger partial charge in [-0.25, -0.2) is 4.98 Å². The van der Waals surface area contributed by atoms with Crippen molar-refractivity contribution >= 4 is 11.3 Å². The molecule has 1 atom stereocenters. The van der Waals surface area contributed by atoms with Gasteiger partial charge in [-0.1, -0.05) is 13.3 Å². The Balaban J connectivity index is 1.79. The first-order chi connectivity index (χ1) is 8.86. The van der Waals surface area contributed by atoms with Gasteiger partial charge in [0.2, 0.25) is 0 Å². The summed E-state index contributed by atoms with van der Waals surface area (Å²) in [4.78, 5) is 10.7. The van der Waals surface area contributed by atoms with E-state index in [1.807, 2.05) is 17.5 Å². The van der Waals surface area contributed by atoms with Crippen molar-refractivity contribution in [3.05, 3.63) is 29.0 Å². The van der Waals surface area contributed by atoms with E-state index in [4.69, 9.17) is 0 Å². The SMILES string of the molecule is CCc1ccc(-c2cnc(C3CCCCN3)[nH]2)s1. The van der Waals surface area contributed by atoms with Crippen molar-refractivity contribution in [3.8, 4) is 10.6 Å². The van der Waals surface area contributed by atoms with Crippen LogP contribution < -0.4 is 5.32 Å². The standard InChI is InChI=1S/C14H19N3S/c1-2-10-6-7-13(18-10)12-9-16-14(17-12)11-5-3-4-8-15-11/h6-7,9,11,15H,2-5,8H2,1H3,(H,16,17). The fraction of sp³-hybridized carbons (Fsp3) is 0.500. The zero-order valence-electron chi connectivity index (χ0n) is 10.7. The van der Waals surface area contributed by atoms with Gasteiger partial charge in [0.05, 0.1) is 22.8 Å². The summed E-state index contributed by atoms with van der Waals surface area (Å²) in [6.07, 6.45) is 6.85. The van der Waals surface area contributed by atoms with Crippen LogP contribution in [0.5, 0.6) is 0 Å². The van der Waals surface area contributed by atoms with Gasteiger partial charge >= 0.3 is 0 Å². The quantitative estimate of drug-likeness (QED) is 0.887. The van der Waals surface area contributed by atoms with Gasteiger partial charge in [-0.15, -0.1) is 11.3 Å². The van der Waals surface area contributed by atoms with Crippen LogP contribution in [0.15, 0.2) is 18.3 Å². The molecule has 0 radical (unpaired) electrons. The number of rotatable bonds is 3. The van der Waals surface area contributed by atoms with Gasteiger partial charge in [0.15, 0.2) is 0 Å². The van der Waals surface area contributed by atoms with Crippen LogP contribution in [0, 0.1) is 0 Å². The van der Waals surface area contributed by atoms with Gasteiger partial charge in [0, 0.05) is 4.88 Å². The molecule has 0 aliphatic carbocycles. The number of imidazole rings is 1. The smallest absolute Gasteiger partial charge is 0.123 e. The van der Waals surface area contributed by atoms with Crippen LogP contribution in [0.25, 0.3) is 10.6 Å². The first-order valence-corrected chi connectivity index (χ1v) is 7.56. The second-order valence-electron chi connectivity index (χ2n) is 4.80. The van der Waals surface area contributed by atoms with Crippen molar-refractivity contribution in [3.63, 3.8) is 0 Å². The monoisotopic (exact) mass is 261 g/mol. The molecule has 2 aromatic rings. The molecule has 3 rings (SSSR count). The average Bonchev–Trinajstić information content (AvgIpc) is 3.08. The highest BCUT2D eigenvalue weighted by Crippen LogP contribution is 2.29. The molecule has 4 heteroatoms. The molecule has 3 heterocycles. The van der Waals surface area contributed by atoms with Crippen LogP contribution in [0.4, 0.5) is 0 Å². The van der Waals surface area contributed by atoms with E-state index in [0.717, 1.165) is 24.5 Å². The number of thiophene rings is 1. The van der Waals surface area contributed by atoms with E-state index in [1.165, 1.54) is 29.0 Å². The molecule has 0 spiro atoms. The van der Waals surface area contributed by atoms with E-state index >= 15 is 0 Å². The topological polar surface area (TPSA) is 40.7 Å². The molecule has 96 valence electrons. The van der Waals surface area contributed by atoms with E-state index < -0.39 is 0 Å². The third-order valence-corrected chi connectivity index (χ3v) is 4.77. The van der Waals surface area contributed by atoms with Crippen LogP contribution in [0.3, 0.4) is 0 Å². The number of H-pyrrole nitrogens is 1. The zero-order chi connectivity index (χ0) is 12.4. The van der Waals surface area contributed by atoms with Gasteiger partial charge in [0.25, 0.3) is 0 Å². The predicted molar refractivity (Wildman–Crippen MR) is 75.9 cm³/mol. The number of piperidine rings is 1. The molecule has 2 aromatic heterocycles. The summed E-state index contributed by atoms with van der Waals surface area (Å²) in [6, 6.07) is 4.81. The molecule has 1 fully saturated rings.